The van der Waals surface area contributed by atoms with E-state index in [1.807, 2.05) is 19.1 Å². The van der Waals surface area contributed by atoms with Crippen molar-refractivity contribution in [3.05, 3.63) is 47.7 Å². The van der Waals surface area contributed by atoms with E-state index in [0.29, 0.717) is 30.0 Å². The summed E-state index contributed by atoms with van der Waals surface area (Å²) in [6.45, 7) is 2.88. The van der Waals surface area contributed by atoms with Gasteiger partial charge >= 0.3 is 0 Å². The average Bonchev–Trinajstić information content (AvgIpc) is 2.69. The fraction of sp³-hybridized carbons (Fsp3) is 0.421. The molecular formula is C19H23N5O3S. The minimum atomic E-state index is -0.392. The van der Waals surface area contributed by atoms with Crippen molar-refractivity contribution in [1.29, 1.82) is 0 Å². The van der Waals surface area contributed by atoms with E-state index in [1.54, 1.807) is 25.1 Å². The largest absolute Gasteiger partial charge is 0.474 e. The van der Waals surface area contributed by atoms with E-state index in [0.717, 1.165) is 17.7 Å². The molecule has 2 N–H and O–H groups in total. The lowest BCUT2D eigenvalue weighted by molar-refractivity contribution is 0.0986. The van der Waals surface area contributed by atoms with Crippen LogP contribution in [0.25, 0.3) is 0 Å². The smallest absolute Gasteiger partial charge is 0.232 e. The summed E-state index contributed by atoms with van der Waals surface area (Å²) < 4.78 is 10.3. The topological polar surface area (TPSA) is 113 Å². The molecule has 0 radical (unpaired) electrons. The third-order valence-corrected chi connectivity index (χ3v) is 5.22. The number of aromatic nitrogens is 3. The Morgan fingerprint density at radius 3 is 2.86 bits per heavy atom. The minimum Gasteiger partial charge on any atom is -0.474 e. The van der Waals surface area contributed by atoms with Crippen LogP contribution in [0, 0.1) is 0 Å². The summed E-state index contributed by atoms with van der Waals surface area (Å²) in [5, 5.41) is 0.589. The Labute approximate surface area is 168 Å². The van der Waals surface area contributed by atoms with Gasteiger partial charge in [-0.25, -0.2) is 9.97 Å². The van der Waals surface area contributed by atoms with Gasteiger partial charge in [0, 0.05) is 24.8 Å². The summed E-state index contributed by atoms with van der Waals surface area (Å²) in [6, 6.07) is 3.84. The van der Waals surface area contributed by atoms with E-state index < -0.39 is 5.54 Å². The summed E-state index contributed by atoms with van der Waals surface area (Å²) in [4.78, 5) is 29.7. The summed E-state index contributed by atoms with van der Waals surface area (Å²) in [7, 11) is 1.59. The van der Waals surface area contributed by atoms with E-state index in [-0.39, 0.29) is 17.9 Å². The molecule has 0 aliphatic carbocycles. The van der Waals surface area contributed by atoms with Gasteiger partial charge in [0.15, 0.2) is 11.0 Å². The van der Waals surface area contributed by atoms with E-state index in [9.17, 15) is 4.79 Å². The average molecular weight is 401 g/mol. The molecule has 0 bridgehead atoms. The molecule has 0 spiro atoms. The van der Waals surface area contributed by atoms with Crippen molar-refractivity contribution in [3.8, 4) is 5.88 Å². The summed E-state index contributed by atoms with van der Waals surface area (Å²) >= 11 is 1.56. The first-order chi connectivity index (χ1) is 13.5. The van der Waals surface area contributed by atoms with Crippen LogP contribution in [0.3, 0.4) is 0 Å². The van der Waals surface area contributed by atoms with Crippen molar-refractivity contribution in [2.75, 3.05) is 26.1 Å². The molecule has 28 heavy (non-hydrogen) atoms. The maximum Gasteiger partial charge on any atom is 0.232 e. The number of carbonyl (C=O) groups excluding carboxylic acids is 1. The van der Waals surface area contributed by atoms with Crippen LogP contribution in [0.1, 0.15) is 35.1 Å². The first-order valence-electron chi connectivity index (χ1n) is 8.91. The molecule has 148 valence electrons. The van der Waals surface area contributed by atoms with Gasteiger partial charge in [-0.05, 0) is 31.0 Å². The normalized spacial score (nSPS) is 19.1. The lowest BCUT2D eigenvalue weighted by Crippen LogP contribution is -2.29. The van der Waals surface area contributed by atoms with Crippen molar-refractivity contribution in [3.63, 3.8) is 0 Å². The zero-order chi connectivity index (χ0) is 20.0. The van der Waals surface area contributed by atoms with Crippen LogP contribution in [0.15, 0.2) is 35.7 Å². The van der Waals surface area contributed by atoms with Crippen LogP contribution in [-0.4, -0.2) is 52.0 Å². The molecule has 0 saturated carbocycles. The van der Waals surface area contributed by atoms with Crippen molar-refractivity contribution in [1.82, 2.24) is 15.0 Å². The third kappa shape index (κ3) is 5.05. The van der Waals surface area contributed by atoms with Crippen LogP contribution in [0.5, 0.6) is 5.88 Å². The zero-order valence-corrected chi connectivity index (χ0v) is 16.7. The molecule has 1 aliphatic rings. The van der Waals surface area contributed by atoms with E-state index in [1.165, 1.54) is 12.4 Å². The Bertz CT molecular complexity index is 859. The van der Waals surface area contributed by atoms with Gasteiger partial charge < -0.3 is 15.2 Å². The molecule has 0 aromatic carbocycles. The SMILES string of the molecule is COCCOc1cnc(C(=O)Cc2cc([C@]3(C)CCSC(N)=N3)ccn2)cn1. The maximum atomic E-state index is 12.6. The quantitative estimate of drug-likeness (QED) is 0.528. The van der Waals surface area contributed by atoms with Crippen molar-refractivity contribution in [2.45, 2.75) is 25.3 Å². The highest BCUT2D eigenvalue weighted by Crippen LogP contribution is 2.35. The molecule has 1 aliphatic heterocycles. The third-order valence-electron chi connectivity index (χ3n) is 4.43. The van der Waals surface area contributed by atoms with Crippen molar-refractivity contribution < 1.29 is 14.3 Å². The van der Waals surface area contributed by atoms with Gasteiger partial charge in [-0.2, -0.15) is 0 Å². The highest BCUT2D eigenvalue weighted by Gasteiger charge is 2.29. The second-order valence-corrected chi connectivity index (χ2v) is 7.65. The van der Waals surface area contributed by atoms with Crippen molar-refractivity contribution in [2.24, 2.45) is 10.7 Å². The number of carbonyl (C=O) groups is 1. The number of rotatable bonds is 8. The fourth-order valence-electron chi connectivity index (χ4n) is 2.82. The molecule has 0 amide bonds. The van der Waals surface area contributed by atoms with Gasteiger partial charge in [0.05, 0.1) is 31.0 Å². The minimum absolute atomic E-state index is 0.135. The van der Waals surface area contributed by atoms with Gasteiger partial charge in [0.2, 0.25) is 5.88 Å². The Balaban J connectivity index is 1.68. The summed E-state index contributed by atoms with van der Waals surface area (Å²) in [5.74, 6) is 1.11. The molecule has 0 saturated heterocycles. The predicted molar refractivity (Wildman–Crippen MR) is 108 cm³/mol. The Morgan fingerprint density at radius 2 is 2.14 bits per heavy atom. The van der Waals surface area contributed by atoms with Gasteiger partial charge in [-0.15, -0.1) is 0 Å². The monoisotopic (exact) mass is 401 g/mol. The number of nitrogens with zero attached hydrogens (tertiary/aromatic N) is 4. The first-order valence-corrected chi connectivity index (χ1v) is 9.89. The number of ketones is 1. The predicted octanol–water partition coefficient (Wildman–Crippen LogP) is 1.99. The molecule has 2 aromatic heterocycles. The molecule has 0 fully saturated rings. The highest BCUT2D eigenvalue weighted by molar-refractivity contribution is 8.13. The molecular weight excluding hydrogens is 378 g/mol. The number of ether oxygens (including phenoxy) is 2. The van der Waals surface area contributed by atoms with Gasteiger partial charge in [0.1, 0.15) is 12.3 Å². The first kappa shape index (κ1) is 20.2. The number of hydrogen-bond donors (Lipinski definition) is 1. The standard InChI is InChI=1S/C19H23N5O3S/c1-19(4-8-28-18(20)24-19)13-3-5-21-14(9-13)10-16(25)15-11-23-17(12-22-15)27-7-6-26-2/h3,5,9,11-12H,4,6-8,10H2,1-2H3,(H2,20,24)/t19-/m0/s1. The number of amidine groups is 1. The highest BCUT2D eigenvalue weighted by atomic mass is 32.2. The van der Waals surface area contributed by atoms with Crippen LogP contribution in [0.4, 0.5) is 0 Å². The molecule has 3 rings (SSSR count). The van der Waals surface area contributed by atoms with Crippen LogP contribution >= 0.6 is 11.8 Å². The van der Waals surface area contributed by atoms with Crippen LogP contribution in [0.2, 0.25) is 0 Å². The second kappa shape index (κ2) is 9.11. The van der Waals surface area contributed by atoms with Gasteiger partial charge in [-0.1, -0.05) is 11.8 Å². The molecule has 9 heteroatoms. The molecule has 2 aromatic rings. The number of thioether (sulfide) groups is 1. The van der Waals surface area contributed by atoms with Gasteiger partial charge in [-0.3, -0.25) is 14.8 Å². The fourth-order valence-corrected chi connectivity index (χ4v) is 3.80. The number of aliphatic imine (C=N–C) groups is 1. The number of nitrogens with two attached hydrogens (primary N) is 1. The molecule has 3 heterocycles. The van der Waals surface area contributed by atoms with E-state index in [4.69, 9.17) is 15.2 Å². The number of hydrogen-bond acceptors (Lipinski definition) is 9. The van der Waals surface area contributed by atoms with Crippen molar-refractivity contribution >= 4 is 22.7 Å². The molecule has 0 unspecified atom stereocenters. The Kier molecular flexibility index (Phi) is 6.58. The van der Waals surface area contributed by atoms with Gasteiger partial charge in [0.25, 0.3) is 0 Å². The number of pyridine rings is 1. The maximum absolute atomic E-state index is 12.6. The summed E-state index contributed by atoms with van der Waals surface area (Å²) in [6.07, 6.45) is 5.57. The molecule has 8 nitrogen and oxygen atoms in total. The van der Waals surface area contributed by atoms with E-state index in [2.05, 4.69) is 19.9 Å². The molecule has 1 atom stereocenters. The number of Topliss-reactive ketones (excluding diaryl/α,β-unsaturated/α-hetero) is 1. The lowest BCUT2D eigenvalue weighted by Gasteiger charge is -2.29. The van der Waals surface area contributed by atoms with Crippen LogP contribution < -0.4 is 10.5 Å². The lowest BCUT2D eigenvalue weighted by atomic mass is 9.89. The number of methoxy groups -OCH3 is 1. The zero-order valence-electron chi connectivity index (χ0n) is 15.9. The Morgan fingerprint density at radius 1 is 1.29 bits per heavy atom. The Hall–Kier alpha value is -2.52. The van der Waals surface area contributed by atoms with E-state index >= 15 is 0 Å². The second-order valence-electron chi connectivity index (χ2n) is 6.54. The summed E-state index contributed by atoms with van der Waals surface area (Å²) in [5.41, 5.74) is 7.45. The van der Waals surface area contributed by atoms with Crippen LogP contribution in [-0.2, 0) is 16.7 Å².